The average Bonchev–Trinajstić information content (AvgIpc) is 3.39. The predicted octanol–water partition coefficient (Wildman–Crippen LogP) is 8.12. The Kier molecular flexibility index (Phi) is 9.09. The molecule has 0 fully saturated rings. The van der Waals surface area contributed by atoms with E-state index in [-0.39, 0.29) is 17.5 Å². The third-order valence-corrected chi connectivity index (χ3v) is 9.08. The lowest BCUT2D eigenvalue weighted by molar-refractivity contribution is -0.113. The molecule has 1 aromatic heterocycles. The molecule has 0 bridgehead atoms. The summed E-state index contributed by atoms with van der Waals surface area (Å²) < 4.78 is 2.78. The summed E-state index contributed by atoms with van der Waals surface area (Å²) in [7, 11) is 0. The third-order valence-electron chi connectivity index (χ3n) is 7.59. The molecule has 2 amide bonds. The summed E-state index contributed by atoms with van der Waals surface area (Å²) in [5, 5.41) is 6.84. The fraction of sp³-hybridized carbons (Fsp3) is 0.139. The van der Waals surface area contributed by atoms with Crippen LogP contribution >= 0.6 is 27.7 Å². The normalized spacial score (nSPS) is 12.9. The maximum absolute atomic E-state index is 13.5. The molecule has 1 aliphatic rings. The minimum Gasteiger partial charge on any atom is -0.321 e. The van der Waals surface area contributed by atoms with Gasteiger partial charge in [-0.1, -0.05) is 64.5 Å². The highest BCUT2D eigenvalue weighted by molar-refractivity contribution is 9.10. The second-order valence-corrected chi connectivity index (χ2v) is 12.5. The highest BCUT2D eigenvalue weighted by Gasteiger charge is 2.23. The number of benzene rings is 4. The standard InChI is InChI=1S/C36H30BrN3O3S/c37-26-12-8-9-24(21-26)22-31(39-35(42)25-10-2-1-3-11-25)36(43)38-27-17-19-28(20-18-27)44-23-34(41)40-32-15-6-4-13-29(32)30-14-5-7-16-33(30)40/h1-4,6,8-13,15,17-22H,5,7,14,16,23H2,(H,38,43)(H,39,42)/b31-22-. The van der Waals surface area contributed by atoms with Gasteiger partial charge in [-0.2, -0.15) is 0 Å². The summed E-state index contributed by atoms with van der Waals surface area (Å²) in [5.41, 5.74) is 5.37. The van der Waals surface area contributed by atoms with Crippen LogP contribution in [0.1, 0.15) is 44.8 Å². The highest BCUT2D eigenvalue weighted by Crippen LogP contribution is 2.33. The van der Waals surface area contributed by atoms with Crippen molar-refractivity contribution in [3.8, 4) is 0 Å². The lowest BCUT2D eigenvalue weighted by Crippen LogP contribution is -2.30. The molecule has 6 nitrogen and oxygen atoms in total. The summed E-state index contributed by atoms with van der Waals surface area (Å²) in [4.78, 5) is 40.6. The van der Waals surface area contributed by atoms with Gasteiger partial charge in [0.2, 0.25) is 5.91 Å². The maximum atomic E-state index is 13.5. The Hall–Kier alpha value is -4.40. The first kappa shape index (κ1) is 29.7. The van der Waals surface area contributed by atoms with E-state index in [0.717, 1.165) is 51.8 Å². The van der Waals surface area contributed by atoms with Crippen molar-refractivity contribution in [3.05, 3.63) is 136 Å². The molecule has 8 heteroatoms. The fourth-order valence-electron chi connectivity index (χ4n) is 5.53. The van der Waals surface area contributed by atoms with Gasteiger partial charge < -0.3 is 10.6 Å². The number of anilines is 1. The lowest BCUT2D eigenvalue weighted by Gasteiger charge is -2.15. The molecule has 2 N–H and O–H groups in total. The SMILES string of the molecule is O=C(Nc1ccc(SCC(=O)n2c3c(c4ccccc42)CCCC3)cc1)/C(=C/c1cccc(Br)c1)NC(=O)c1ccccc1. The number of aryl methyl sites for hydroxylation is 1. The summed E-state index contributed by atoms with van der Waals surface area (Å²) in [6.45, 7) is 0. The number of thioether (sulfide) groups is 1. The second-order valence-electron chi connectivity index (χ2n) is 10.6. The number of aromatic nitrogens is 1. The van der Waals surface area contributed by atoms with Crippen molar-refractivity contribution in [2.45, 2.75) is 30.6 Å². The monoisotopic (exact) mass is 663 g/mol. The Morgan fingerprint density at radius 3 is 2.39 bits per heavy atom. The van der Waals surface area contributed by atoms with E-state index in [2.05, 4.69) is 32.6 Å². The van der Waals surface area contributed by atoms with Gasteiger partial charge in [-0.3, -0.25) is 19.0 Å². The highest BCUT2D eigenvalue weighted by atomic mass is 79.9. The zero-order chi connectivity index (χ0) is 30.5. The number of nitrogens with zero attached hydrogens (tertiary/aromatic N) is 1. The molecule has 0 saturated heterocycles. The zero-order valence-electron chi connectivity index (χ0n) is 23.9. The number of nitrogens with one attached hydrogen (secondary N) is 2. The average molecular weight is 665 g/mol. The number of para-hydroxylation sites is 1. The van der Waals surface area contributed by atoms with Crippen LogP contribution < -0.4 is 10.6 Å². The number of hydrogen-bond donors (Lipinski definition) is 2. The van der Waals surface area contributed by atoms with Gasteiger partial charge in [0.05, 0.1) is 11.3 Å². The first-order valence-electron chi connectivity index (χ1n) is 14.5. The van der Waals surface area contributed by atoms with Crippen molar-refractivity contribution >= 4 is 68.1 Å². The van der Waals surface area contributed by atoms with Crippen molar-refractivity contribution in [2.75, 3.05) is 11.1 Å². The molecule has 0 unspecified atom stereocenters. The van der Waals surface area contributed by atoms with E-state index >= 15 is 0 Å². The number of halogens is 1. The van der Waals surface area contributed by atoms with Crippen LogP contribution in [-0.2, 0) is 17.6 Å². The molecular weight excluding hydrogens is 634 g/mol. The number of hydrogen-bond acceptors (Lipinski definition) is 4. The fourth-order valence-corrected chi connectivity index (χ4v) is 6.69. The number of amides is 2. The molecular formula is C36H30BrN3O3S. The van der Waals surface area contributed by atoms with E-state index in [1.54, 1.807) is 42.5 Å². The Morgan fingerprint density at radius 1 is 0.841 bits per heavy atom. The van der Waals surface area contributed by atoms with Crippen LogP contribution in [0.25, 0.3) is 17.0 Å². The first-order valence-corrected chi connectivity index (χ1v) is 16.3. The van der Waals surface area contributed by atoms with Crippen molar-refractivity contribution in [2.24, 2.45) is 0 Å². The summed E-state index contributed by atoms with van der Waals surface area (Å²) >= 11 is 4.93. The van der Waals surface area contributed by atoms with E-state index in [9.17, 15) is 14.4 Å². The van der Waals surface area contributed by atoms with Gasteiger partial charge in [0.1, 0.15) is 5.70 Å². The lowest BCUT2D eigenvalue weighted by atomic mass is 9.96. The molecule has 1 heterocycles. The molecule has 0 aliphatic heterocycles. The van der Waals surface area contributed by atoms with Crippen LogP contribution in [0.3, 0.4) is 0 Å². The number of carbonyl (C=O) groups excluding carboxylic acids is 3. The number of fused-ring (bicyclic) bond motifs is 3. The van der Waals surface area contributed by atoms with Gasteiger partial charge in [-0.05, 0) is 97.5 Å². The largest absolute Gasteiger partial charge is 0.321 e. The topological polar surface area (TPSA) is 80.2 Å². The van der Waals surface area contributed by atoms with Crippen LogP contribution in [-0.4, -0.2) is 28.0 Å². The zero-order valence-corrected chi connectivity index (χ0v) is 26.3. The molecule has 0 radical (unpaired) electrons. The van der Waals surface area contributed by atoms with E-state index in [0.29, 0.717) is 17.0 Å². The Morgan fingerprint density at radius 2 is 1.59 bits per heavy atom. The maximum Gasteiger partial charge on any atom is 0.272 e. The third kappa shape index (κ3) is 6.72. The van der Waals surface area contributed by atoms with Gasteiger partial charge >= 0.3 is 0 Å². The molecule has 1 aliphatic carbocycles. The Balaban J connectivity index is 1.14. The van der Waals surface area contributed by atoms with Crippen molar-refractivity contribution in [3.63, 3.8) is 0 Å². The second kappa shape index (κ2) is 13.5. The first-order chi connectivity index (χ1) is 21.5. The van der Waals surface area contributed by atoms with Crippen molar-refractivity contribution in [1.29, 1.82) is 0 Å². The molecule has 44 heavy (non-hydrogen) atoms. The summed E-state index contributed by atoms with van der Waals surface area (Å²) in [6, 6.07) is 31.8. The van der Waals surface area contributed by atoms with Crippen LogP contribution in [0.5, 0.6) is 0 Å². The minimum absolute atomic E-state index is 0.0724. The van der Waals surface area contributed by atoms with E-state index in [4.69, 9.17) is 0 Å². The predicted molar refractivity (Wildman–Crippen MR) is 181 cm³/mol. The van der Waals surface area contributed by atoms with Crippen molar-refractivity contribution < 1.29 is 14.4 Å². The van der Waals surface area contributed by atoms with Crippen LogP contribution in [0.4, 0.5) is 5.69 Å². The molecule has 0 saturated carbocycles. The Labute approximate surface area is 268 Å². The molecule has 0 spiro atoms. The minimum atomic E-state index is -0.450. The number of carbonyl (C=O) groups is 3. The summed E-state index contributed by atoms with van der Waals surface area (Å²) in [5.74, 6) is -0.450. The van der Waals surface area contributed by atoms with Gasteiger partial charge in [0.15, 0.2) is 0 Å². The molecule has 5 aromatic rings. The van der Waals surface area contributed by atoms with E-state index < -0.39 is 5.91 Å². The van der Waals surface area contributed by atoms with E-state index in [1.807, 2.05) is 65.2 Å². The van der Waals surface area contributed by atoms with Crippen LogP contribution in [0.2, 0.25) is 0 Å². The van der Waals surface area contributed by atoms with Crippen LogP contribution in [0.15, 0.2) is 118 Å². The van der Waals surface area contributed by atoms with Crippen molar-refractivity contribution in [1.82, 2.24) is 9.88 Å². The quantitative estimate of drug-likeness (QED) is 0.130. The summed E-state index contributed by atoms with van der Waals surface area (Å²) in [6.07, 6.45) is 5.85. The Bertz CT molecular complexity index is 1880. The smallest absolute Gasteiger partial charge is 0.272 e. The molecule has 0 atom stereocenters. The number of rotatable bonds is 8. The van der Waals surface area contributed by atoms with Gasteiger partial charge in [0.25, 0.3) is 11.8 Å². The van der Waals surface area contributed by atoms with Gasteiger partial charge in [-0.25, -0.2) is 0 Å². The molecule has 6 rings (SSSR count). The van der Waals surface area contributed by atoms with Gasteiger partial charge in [-0.15, -0.1) is 11.8 Å². The van der Waals surface area contributed by atoms with Gasteiger partial charge in [0, 0.05) is 31.7 Å². The van der Waals surface area contributed by atoms with E-state index in [1.165, 1.54) is 22.7 Å². The molecule has 4 aromatic carbocycles. The van der Waals surface area contributed by atoms with Crippen LogP contribution in [0, 0.1) is 0 Å². The molecule has 220 valence electrons.